The topological polar surface area (TPSA) is 90.3 Å². The molecule has 8 nitrogen and oxygen atoms in total. The number of halogens is 3. The summed E-state index contributed by atoms with van der Waals surface area (Å²) in [5, 5.41) is 11.2. The molecule has 2 aromatic heterocycles. The van der Waals surface area contributed by atoms with E-state index in [1.807, 2.05) is 4.90 Å². The van der Waals surface area contributed by atoms with Gasteiger partial charge in [0.05, 0.1) is 12.6 Å². The molecular formula is C14H18F3N5O3. The molecule has 0 spiro atoms. The van der Waals surface area contributed by atoms with Gasteiger partial charge in [0.1, 0.15) is 13.0 Å². The molecule has 0 aromatic carbocycles. The van der Waals surface area contributed by atoms with Crippen LogP contribution in [-0.2, 0) is 24.3 Å². The van der Waals surface area contributed by atoms with E-state index in [2.05, 4.69) is 20.3 Å². The van der Waals surface area contributed by atoms with Gasteiger partial charge < -0.3 is 13.7 Å². The van der Waals surface area contributed by atoms with E-state index in [4.69, 9.17) is 13.7 Å². The van der Waals surface area contributed by atoms with Crippen LogP contribution in [0.25, 0.3) is 0 Å². The van der Waals surface area contributed by atoms with E-state index >= 15 is 0 Å². The molecule has 2 aromatic rings. The van der Waals surface area contributed by atoms with Gasteiger partial charge in [0, 0.05) is 7.11 Å². The summed E-state index contributed by atoms with van der Waals surface area (Å²) in [6.07, 6.45) is -2.99. The van der Waals surface area contributed by atoms with Crippen LogP contribution in [0.4, 0.5) is 13.2 Å². The third kappa shape index (κ3) is 4.75. The third-order valence-corrected chi connectivity index (χ3v) is 3.86. The predicted octanol–water partition coefficient (Wildman–Crippen LogP) is 2.43. The van der Waals surface area contributed by atoms with Crippen molar-refractivity contribution in [3.8, 4) is 0 Å². The first kappa shape index (κ1) is 17.8. The van der Waals surface area contributed by atoms with Crippen molar-refractivity contribution in [1.29, 1.82) is 0 Å². The Kier molecular flexibility index (Phi) is 5.33. The zero-order chi connectivity index (χ0) is 17.9. The standard InChI is InChI=1S/C14H18F3N5O3/c1-23-8-12-18-10(21-25-12)7-22-5-3-2-4-9(22)13-20-19-11(24-13)6-14(15,16)17/h9H,2-8H2,1H3/t9-/m1/s1. The molecular weight excluding hydrogens is 343 g/mol. The summed E-state index contributed by atoms with van der Waals surface area (Å²) < 4.78 is 52.6. The van der Waals surface area contributed by atoms with Crippen LogP contribution in [0, 0.1) is 0 Å². The van der Waals surface area contributed by atoms with Crippen LogP contribution in [0.1, 0.15) is 48.8 Å². The van der Waals surface area contributed by atoms with Gasteiger partial charge in [-0.15, -0.1) is 10.2 Å². The average Bonchev–Trinajstić information content (AvgIpc) is 3.16. The molecule has 0 amide bonds. The Hall–Kier alpha value is -2.01. The fourth-order valence-corrected chi connectivity index (χ4v) is 2.82. The molecule has 0 radical (unpaired) electrons. The maximum absolute atomic E-state index is 12.4. The average molecular weight is 361 g/mol. The number of aromatic nitrogens is 4. The molecule has 11 heteroatoms. The molecule has 0 aliphatic carbocycles. The first-order chi connectivity index (χ1) is 11.9. The van der Waals surface area contributed by atoms with Crippen molar-refractivity contribution in [3.05, 3.63) is 23.5 Å². The van der Waals surface area contributed by atoms with E-state index in [9.17, 15) is 13.2 Å². The highest BCUT2D eigenvalue weighted by atomic mass is 19.4. The number of ether oxygens (including phenoxy) is 1. The van der Waals surface area contributed by atoms with Crippen LogP contribution >= 0.6 is 0 Å². The summed E-state index contributed by atoms with van der Waals surface area (Å²) in [5.41, 5.74) is 0. The maximum atomic E-state index is 12.4. The van der Waals surface area contributed by atoms with Gasteiger partial charge in [-0.2, -0.15) is 18.2 Å². The minimum atomic E-state index is -4.38. The molecule has 25 heavy (non-hydrogen) atoms. The lowest BCUT2D eigenvalue weighted by atomic mass is 10.0. The number of likely N-dealkylation sites (tertiary alicyclic amines) is 1. The molecule has 1 aliphatic rings. The lowest BCUT2D eigenvalue weighted by Gasteiger charge is -2.32. The van der Waals surface area contributed by atoms with Crippen LogP contribution in [0.2, 0.25) is 0 Å². The lowest BCUT2D eigenvalue weighted by Crippen LogP contribution is -2.33. The van der Waals surface area contributed by atoms with Gasteiger partial charge in [-0.05, 0) is 19.4 Å². The van der Waals surface area contributed by atoms with E-state index in [-0.39, 0.29) is 18.5 Å². The smallest absolute Gasteiger partial charge is 0.397 e. The van der Waals surface area contributed by atoms with Gasteiger partial charge in [-0.25, -0.2) is 0 Å². The number of hydrogen-bond donors (Lipinski definition) is 0. The molecule has 1 atom stereocenters. The summed E-state index contributed by atoms with van der Waals surface area (Å²) >= 11 is 0. The second-order valence-electron chi connectivity index (χ2n) is 5.85. The summed E-state index contributed by atoms with van der Waals surface area (Å²) in [5.74, 6) is 0.625. The van der Waals surface area contributed by atoms with Crippen molar-refractivity contribution >= 4 is 0 Å². The number of hydrogen-bond acceptors (Lipinski definition) is 8. The van der Waals surface area contributed by atoms with E-state index in [1.165, 1.54) is 7.11 Å². The Labute approximate surface area is 141 Å². The molecule has 1 aliphatic heterocycles. The highest BCUT2D eigenvalue weighted by Gasteiger charge is 2.33. The second-order valence-corrected chi connectivity index (χ2v) is 5.85. The minimum absolute atomic E-state index is 0.194. The van der Waals surface area contributed by atoms with Crippen LogP contribution in [0.15, 0.2) is 8.94 Å². The SMILES string of the molecule is COCc1nc(CN2CCCC[C@@H]2c2nnc(CC(F)(F)F)o2)no1. The normalized spacial score (nSPS) is 19.4. The van der Waals surface area contributed by atoms with Gasteiger partial charge >= 0.3 is 6.18 Å². The van der Waals surface area contributed by atoms with Crippen LogP contribution in [0.3, 0.4) is 0 Å². The number of piperidine rings is 1. The van der Waals surface area contributed by atoms with Gasteiger partial charge in [-0.1, -0.05) is 11.6 Å². The van der Waals surface area contributed by atoms with Gasteiger partial charge in [-0.3, -0.25) is 4.90 Å². The molecule has 3 heterocycles. The van der Waals surface area contributed by atoms with E-state index in [1.54, 1.807) is 0 Å². The quantitative estimate of drug-likeness (QED) is 0.775. The number of alkyl halides is 3. The summed E-state index contributed by atoms with van der Waals surface area (Å²) in [6.45, 7) is 1.34. The molecule has 3 rings (SSSR count). The second kappa shape index (κ2) is 7.48. The minimum Gasteiger partial charge on any atom is -0.423 e. The number of methoxy groups -OCH3 is 1. The molecule has 0 unspecified atom stereocenters. The lowest BCUT2D eigenvalue weighted by molar-refractivity contribution is -0.131. The van der Waals surface area contributed by atoms with E-state index in [0.29, 0.717) is 18.3 Å². The van der Waals surface area contributed by atoms with Crippen molar-refractivity contribution < 1.29 is 26.8 Å². The Morgan fingerprint density at radius 3 is 2.84 bits per heavy atom. The third-order valence-electron chi connectivity index (χ3n) is 3.86. The fraction of sp³-hybridized carbons (Fsp3) is 0.714. The van der Waals surface area contributed by atoms with Crippen molar-refractivity contribution in [2.75, 3.05) is 13.7 Å². The Bertz CT molecular complexity index is 687. The van der Waals surface area contributed by atoms with Crippen LogP contribution in [0.5, 0.6) is 0 Å². The van der Waals surface area contributed by atoms with Gasteiger partial charge in [0.2, 0.25) is 11.8 Å². The zero-order valence-electron chi connectivity index (χ0n) is 13.6. The summed E-state index contributed by atoms with van der Waals surface area (Å²) in [6, 6.07) is -0.257. The Balaban J connectivity index is 1.70. The van der Waals surface area contributed by atoms with Crippen molar-refractivity contribution in [2.45, 2.75) is 51.1 Å². The van der Waals surface area contributed by atoms with Crippen LogP contribution < -0.4 is 0 Å². The molecule has 1 fully saturated rings. The summed E-state index contributed by atoms with van der Waals surface area (Å²) in [4.78, 5) is 6.23. The monoisotopic (exact) mass is 361 g/mol. The molecule has 138 valence electrons. The molecule has 0 N–H and O–H groups in total. The highest BCUT2D eigenvalue weighted by molar-refractivity contribution is 4.96. The molecule has 0 bridgehead atoms. The molecule has 0 saturated carbocycles. The predicted molar refractivity (Wildman–Crippen MR) is 76.1 cm³/mol. The summed E-state index contributed by atoms with van der Waals surface area (Å²) in [7, 11) is 1.53. The number of rotatable bonds is 6. The van der Waals surface area contributed by atoms with Crippen molar-refractivity contribution in [1.82, 2.24) is 25.2 Å². The number of nitrogens with zero attached hydrogens (tertiary/aromatic N) is 5. The first-order valence-corrected chi connectivity index (χ1v) is 7.88. The largest absolute Gasteiger partial charge is 0.423 e. The first-order valence-electron chi connectivity index (χ1n) is 7.88. The van der Waals surface area contributed by atoms with Crippen molar-refractivity contribution in [3.63, 3.8) is 0 Å². The zero-order valence-corrected chi connectivity index (χ0v) is 13.6. The highest BCUT2D eigenvalue weighted by Crippen LogP contribution is 2.32. The van der Waals surface area contributed by atoms with E-state index < -0.39 is 18.5 Å². The molecule has 1 saturated heterocycles. The van der Waals surface area contributed by atoms with Gasteiger partial charge in [0.25, 0.3) is 5.89 Å². The Morgan fingerprint density at radius 2 is 2.08 bits per heavy atom. The fourth-order valence-electron chi connectivity index (χ4n) is 2.82. The van der Waals surface area contributed by atoms with Crippen molar-refractivity contribution in [2.24, 2.45) is 0 Å². The maximum Gasteiger partial charge on any atom is 0.397 e. The Morgan fingerprint density at radius 1 is 1.24 bits per heavy atom. The van der Waals surface area contributed by atoms with Crippen LogP contribution in [-0.4, -0.2) is 45.1 Å². The van der Waals surface area contributed by atoms with Gasteiger partial charge in [0.15, 0.2) is 5.82 Å². The van der Waals surface area contributed by atoms with E-state index in [0.717, 1.165) is 25.8 Å².